The fourth-order valence-electron chi connectivity index (χ4n) is 0.283. The van der Waals surface area contributed by atoms with Crippen molar-refractivity contribution in [2.24, 2.45) is 0 Å². The summed E-state index contributed by atoms with van der Waals surface area (Å²) in [7, 11) is -2.17. The first-order valence-electron chi connectivity index (χ1n) is 2.67. The quantitative estimate of drug-likeness (QED) is 0.607. The van der Waals surface area contributed by atoms with Crippen LogP contribution in [-0.4, -0.2) is 22.4 Å². The highest BCUT2D eigenvalue weighted by Gasteiger charge is 2.34. The van der Waals surface area contributed by atoms with Crippen molar-refractivity contribution in [3.63, 3.8) is 0 Å². The van der Waals surface area contributed by atoms with Gasteiger partial charge in [0.15, 0.2) is 0 Å². The number of halogens is 3. The average Bonchev–Trinajstić information content (AvgIpc) is 1.85. The van der Waals surface area contributed by atoms with Crippen LogP contribution in [0, 0.1) is 0 Å². The van der Waals surface area contributed by atoms with E-state index < -0.39 is 20.4 Å². The fraction of sp³-hybridized carbons (Fsp3) is 0.600. The lowest BCUT2D eigenvalue weighted by atomic mass is 10.9. The topological polar surface area (TPSA) is 9.23 Å². The molecule has 1 nitrogen and oxygen atoms in total. The molecule has 0 aliphatic heterocycles. The molecule has 0 fully saturated rings. The molecule has 1 unspecified atom stereocenters. The summed E-state index contributed by atoms with van der Waals surface area (Å²) in [6, 6.07) is 0. The molecule has 0 saturated carbocycles. The Bertz CT molecular complexity index is 175. The highest BCUT2D eigenvalue weighted by Crippen LogP contribution is 2.37. The van der Waals surface area contributed by atoms with Crippen molar-refractivity contribution in [2.75, 3.05) is 6.61 Å². The molecule has 0 saturated heterocycles. The molecule has 0 aromatic rings. The van der Waals surface area contributed by atoms with Gasteiger partial charge >= 0.3 is 5.51 Å². The van der Waals surface area contributed by atoms with Gasteiger partial charge in [-0.25, -0.2) is 0 Å². The summed E-state index contributed by atoms with van der Waals surface area (Å²) in [6.07, 6.45) is 0. The van der Waals surface area contributed by atoms with Crippen molar-refractivity contribution in [1.82, 2.24) is 0 Å². The summed E-state index contributed by atoms with van der Waals surface area (Å²) in [5, 5.41) is 0. The molecule has 0 heterocycles. The van der Waals surface area contributed by atoms with Gasteiger partial charge in [0.05, 0.1) is 6.61 Å². The van der Waals surface area contributed by atoms with Crippen molar-refractivity contribution in [3.05, 3.63) is 0 Å². The molecule has 1 atom stereocenters. The molecule has 66 valence electrons. The summed E-state index contributed by atoms with van der Waals surface area (Å²) in [6.45, 7) is 1.72. The number of alkyl halides is 3. The van der Waals surface area contributed by atoms with Gasteiger partial charge in [-0.1, -0.05) is 5.87 Å². The molecule has 11 heavy (non-hydrogen) atoms. The Balaban J connectivity index is 4.15. The zero-order chi connectivity index (χ0) is 9.07. The van der Waals surface area contributed by atoms with Gasteiger partial charge in [0, 0.05) is 0 Å². The third-order valence-corrected chi connectivity index (χ3v) is 2.54. The molecule has 0 aromatic carbocycles. The van der Waals surface area contributed by atoms with E-state index in [1.807, 2.05) is 0 Å². The van der Waals surface area contributed by atoms with E-state index in [-0.39, 0.29) is 6.61 Å². The lowest BCUT2D eigenvalue weighted by molar-refractivity contribution is -0.0324. The molecule has 0 aromatic heterocycles. The lowest BCUT2D eigenvalue weighted by Gasteiger charge is -2.11. The van der Waals surface area contributed by atoms with Gasteiger partial charge in [-0.2, -0.15) is 13.2 Å². The molecule has 0 spiro atoms. The van der Waals surface area contributed by atoms with Gasteiger partial charge in [-0.15, -0.1) is 0 Å². The zero-order valence-electron chi connectivity index (χ0n) is 5.77. The van der Waals surface area contributed by atoms with Gasteiger partial charge in [0.1, 0.15) is 0 Å². The predicted octanol–water partition coefficient (Wildman–Crippen LogP) is 2.53. The molecule has 0 amide bonds. The van der Waals surface area contributed by atoms with Crippen LogP contribution >= 0.6 is 22.7 Å². The van der Waals surface area contributed by atoms with Crippen molar-refractivity contribution in [2.45, 2.75) is 12.4 Å². The second-order valence-electron chi connectivity index (χ2n) is 1.52. The number of hydrogen-bond acceptors (Lipinski definition) is 2. The molecule has 0 bridgehead atoms. The zero-order valence-corrected chi connectivity index (χ0v) is 7.41. The summed E-state index contributed by atoms with van der Waals surface area (Å²) in [4.78, 5) is 0. The maximum Gasteiger partial charge on any atom is 0.443 e. The Hall–Kier alpha value is -0.100. The molecule has 0 radical (unpaired) electrons. The van der Waals surface area contributed by atoms with E-state index in [2.05, 4.69) is 22.8 Å². The smallest absolute Gasteiger partial charge is 0.443 e. The third kappa shape index (κ3) is 3.71. The van der Waals surface area contributed by atoms with Crippen LogP contribution in [0.25, 0.3) is 0 Å². The van der Waals surface area contributed by atoms with Gasteiger partial charge in [0.25, 0.3) is 0 Å². The number of thiocarbonyl (C=S) groups is 1. The summed E-state index contributed by atoms with van der Waals surface area (Å²) in [5.41, 5.74) is -4.37. The van der Waals surface area contributed by atoms with Crippen LogP contribution in [0.3, 0.4) is 0 Å². The van der Waals surface area contributed by atoms with Crippen LogP contribution < -0.4 is 0 Å². The summed E-state index contributed by atoms with van der Waals surface area (Å²) in [5.74, 6) is 2.86. The van der Waals surface area contributed by atoms with Gasteiger partial charge in [0.2, 0.25) is 4.38 Å². The second kappa shape index (κ2) is 4.06. The minimum Gasteiger partial charge on any atom is -0.479 e. The Morgan fingerprint density at radius 3 is 2.36 bits per heavy atom. The highest BCUT2D eigenvalue weighted by atomic mass is 32.2. The van der Waals surface area contributed by atoms with Crippen molar-refractivity contribution in [3.8, 4) is 0 Å². The Morgan fingerprint density at radius 2 is 2.09 bits per heavy atom. The Labute approximate surface area is 70.5 Å². The molecular formula is C5H7F3OS2. The standard InChI is InChI=1S/C5H7F3OS2/c1-3-9-4(10)11(2)5(6,7)8/h2-3H2,1H3. The van der Waals surface area contributed by atoms with E-state index in [4.69, 9.17) is 0 Å². The Kier molecular flexibility index (Phi) is 4.02. The minimum atomic E-state index is -4.37. The van der Waals surface area contributed by atoms with Crippen LogP contribution in [0.4, 0.5) is 13.2 Å². The first kappa shape index (κ1) is 10.9. The lowest BCUT2D eigenvalue weighted by Crippen LogP contribution is -2.11. The predicted molar refractivity (Wildman–Crippen MR) is 45.0 cm³/mol. The van der Waals surface area contributed by atoms with E-state index in [0.717, 1.165) is 0 Å². The highest BCUT2D eigenvalue weighted by molar-refractivity contribution is 8.33. The average molecular weight is 204 g/mol. The van der Waals surface area contributed by atoms with Crippen LogP contribution in [0.15, 0.2) is 0 Å². The van der Waals surface area contributed by atoms with Gasteiger partial charge in [-0.05, 0) is 29.6 Å². The van der Waals surface area contributed by atoms with E-state index in [1.54, 1.807) is 6.92 Å². The van der Waals surface area contributed by atoms with Crippen LogP contribution in [-0.2, 0) is 4.74 Å². The summed E-state index contributed by atoms with van der Waals surface area (Å²) >= 11 is 4.33. The Morgan fingerprint density at radius 1 is 1.64 bits per heavy atom. The normalized spacial score (nSPS) is 14.2. The molecule has 0 N–H and O–H groups in total. The number of ether oxygens (including phenoxy) is 1. The van der Waals surface area contributed by atoms with E-state index in [1.165, 1.54) is 0 Å². The minimum absolute atomic E-state index is 0.147. The van der Waals surface area contributed by atoms with E-state index in [0.29, 0.717) is 0 Å². The fourth-order valence-corrected chi connectivity index (χ4v) is 1.13. The number of hydrogen-bond donors (Lipinski definition) is 0. The number of rotatable bonds is 1. The largest absolute Gasteiger partial charge is 0.479 e. The molecule has 0 aliphatic carbocycles. The van der Waals surface area contributed by atoms with Crippen molar-refractivity contribution < 1.29 is 17.9 Å². The third-order valence-electron chi connectivity index (χ3n) is 0.743. The van der Waals surface area contributed by atoms with Crippen LogP contribution in [0.1, 0.15) is 6.92 Å². The first-order chi connectivity index (χ1) is 4.89. The summed E-state index contributed by atoms with van der Waals surface area (Å²) < 4.78 is 39.4. The monoisotopic (exact) mass is 204 g/mol. The molecule has 0 aliphatic rings. The first-order valence-corrected chi connectivity index (χ1v) is 4.47. The molecule has 0 rings (SSSR count). The maximum absolute atomic E-state index is 11.8. The molecule has 6 heteroatoms. The van der Waals surface area contributed by atoms with Gasteiger partial charge < -0.3 is 4.74 Å². The van der Waals surface area contributed by atoms with Crippen molar-refractivity contribution in [1.29, 1.82) is 0 Å². The molecular weight excluding hydrogens is 197 g/mol. The van der Waals surface area contributed by atoms with E-state index in [9.17, 15) is 13.2 Å². The van der Waals surface area contributed by atoms with Crippen molar-refractivity contribution >= 4 is 33.0 Å². The van der Waals surface area contributed by atoms with Gasteiger partial charge in [-0.3, -0.25) is 0 Å². The SMILES string of the molecule is C=S(C(=S)OCC)C(F)(F)F. The van der Waals surface area contributed by atoms with E-state index >= 15 is 0 Å². The van der Waals surface area contributed by atoms with Crippen LogP contribution in [0.2, 0.25) is 0 Å². The van der Waals surface area contributed by atoms with Crippen LogP contribution in [0.5, 0.6) is 0 Å². The maximum atomic E-state index is 11.8. The second-order valence-corrected chi connectivity index (χ2v) is 3.76.